The molecule has 5 aromatic heterocycles. The van der Waals surface area contributed by atoms with E-state index in [2.05, 4.69) is 203 Å². The maximum absolute atomic E-state index is 6.85. The van der Waals surface area contributed by atoms with Crippen molar-refractivity contribution in [3.05, 3.63) is 206 Å². The number of hydrogen-bond donors (Lipinski definition) is 0. The number of benzene rings is 9. The van der Waals surface area contributed by atoms with E-state index in [0.29, 0.717) is 11.7 Å². The third-order valence-electron chi connectivity index (χ3n) is 13.0. The predicted molar refractivity (Wildman–Crippen MR) is 262 cm³/mol. The molecule has 0 atom stereocenters. The Balaban J connectivity index is 1.06. The van der Waals surface area contributed by atoms with Gasteiger partial charge in [-0.3, -0.25) is 9.13 Å². The molecule has 0 unspecified atom stereocenters. The Morgan fingerprint density at radius 1 is 0.297 bits per heavy atom. The van der Waals surface area contributed by atoms with Crippen LogP contribution in [0, 0.1) is 0 Å². The van der Waals surface area contributed by atoms with Crippen LogP contribution in [0.5, 0.6) is 0 Å². The van der Waals surface area contributed by atoms with Crippen LogP contribution in [0.3, 0.4) is 0 Å². The first-order valence-corrected chi connectivity index (χ1v) is 21.6. The number of furan rings is 2. The lowest BCUT2D eigenvalue weighted by Crippen LogP contribution is -2.06. The monoisotopic (exact) mass is 818 g/mol. The van der Waals surface area contributed by atoms with Gasteiger partial charge in [0.1, 0.15) is 16.7 Å². The maximum atomic E-state index is 6.85. The Morgan fingerprint density at radius 2 is 0.750 bits per heavy atom. The summed E-state index contributed by atoms with van der Waals surface area (Å²) in [7, 11) is 0. The van der Waals surface area contributed by atoms with Crippen LogP contribution in [0.15, 0.2) is 215 Å². The lowest BCUT2D eigenvalue weighted by molar-refractivity contribution is 0.650. The second-order valence-electron chi connectivity index (χ2n) is 16.6. The number of nitrogens with zero attached hydrogens (tertiary/aromatic N) is 4. The van der Waals surface area contributed by atoms with Gasteiger partial charge in [-0.15, -0.1) is 0 Å². The smallest absolute Gasteiger partial charge is 0.240 e. The molecule has 0 spiro atoms. The molecule has 6 nitrogen and oxygen atoms in total. The number of aromatic nitrogens is 4. The molecule has 0 bridgehead atoms. The third-order valence-corrected chi connectivity index (χ3v) is 13.0. The van der Waals surface area contributed by atoms with E-state index in [-0.39, 0.29) is 0 Å². The molecule has 5 heterocycles. The molecule has 6 heteroatoms. The van der Waals surface area contributed by atoms with Crippen molar-refractivity contribution in [3.8, 4) is 45.1 Å². The summed E-state index contributed by atoms with van der Waals surface area (Å²) in [6, 6.07) is 72.7. The first-order chi connectivity index (χ1) is 31.7. The second kappa shape index (κ2) is 13.4. The van der Waals surface area contributed by atoms with Gasteiger partial charge in [-0.1, -0.05) is 140 Å². The highest BCUT2D eigenvalue weighted by Gasteiger charge is 2.25. The van der Waals surface area contributed by atoms with Crippen LogP contribution < -0.4 is 0 Å². The summed E-state index contributed by atoms with van der Waals surface area (Å²) in [6.45, 7) is 0. The molecule has 0 saturated heterocycles. The molecule has 64 heavy (non-hydrogen) atoms. The van der Waals surface area contributed by atoms with Gasteiger partial charge < -0.3 is 8.83 Å². The largest absolute Gasteiger partial charge is 0.456 e. The van der Waals surface area contributed by atoms with Crippen LogP contribution >= 0.6 is 0 Å². The van der Waals surface area contributed by atoms with E-state index < -0.39 is 0 Å². The normalized spacial score (nSPS) is 12.1. The highest BCUT2D eigenvalue weighted by atomic mass is 16.3. The Bertz CT molecular complexity index is 4190. The molecule has 9 aromatic carbocycles. The van der Waals surface area contributed by atoms with Gasteiger partial charge in [0.05, 0.1) is 27.5 Å². The molecule has 0 saturated carbocycles. The van der Waals surface area contributed by atoms with Crippen LogP contribution in [0.1, 0.15) is 0 Å². The van der Waals surface area contributed by atoms with E-state index in [9.17, 15) is 0 Å². The highest BCUT2D eigenvalue weighted by Crippen LogP contribution is 2.42. The average molecular weight is 819 g/mol. The van der Waals surface area contributed by atoms with Gasteiger partial charge in [-0.05, 0) is 100 Å². The van der Waals surface area contributed by atoms with E-state index in [0.717, 1.165) is 110 Å². The third kappa shape index (κ3) is 5.14. The predicted octanol–water partition coefficient (Wildman–Crippen LogP) is 15.5. The van der Waals surface area contributed by atoms with Gasteiger partial charge in [0.2, 0.25) is 11.7 Å². The van der Waals surface area contributed by atoms with Crippen molar-refractivity contribution in [1.82, 2.24) is 19.1 Å². The molecule has 298 valence electrons. The zero-order chi connectivity index (χ0) is 41.9. The molecular formula is C58H34N4O2. The topological polar surface area (TPSA) is 61.9 Å². The molecule has 14 aromatic rings. The van der Waals surface area contributed by atoms with Gasteiger partial charge in [-0.25, -0.2) is 0 Å². The fraction of sp³-hybridized carbons (Fsp3) is 0. The van der Waals surface area contributed by atoms with Crippen molar-refractivity contribution in [3.63, 3.8) is 0 Å². The summed E-state index contributed by atoms with van der Waals surface area (Å²) in [6.07, 6.45) is 0. The van der Waals surface area contributed by atoms with Crippen molar-refractivity contribution in [1.29, 1.82) is 0 Å². The zero-order valence-electron chi connectivity index (χ0n) is 34.2. The van der Waals surface area contributed by atoms with E-state index in [1.807, 2.05) is 12.1 Å². The van der Waals surface area contributed by atoms with Gasteiger partial charge in [0.25, 0.3) is 0 Å². The number of hydrogen-bond acceptors (Lipinski definition) is 4. The van der Waals surface area contributed by atoms with Crippen molar-refractivity contribution >= 4 is 87.6 Å². The molecule has 0 aliphatic heterocycles. The van der Waals surface area contributed by atoms with Gasteiger partial charge in [0, 0.05) is 37.7 Å². The minimum atomic E-state index is 0.516. The standard InChI is InChI=1S/C58H34N4O2/c1-3-13-35(14-4-1)37-23-27-50-44(31-37)41-17-7-10-20-48(41)61(50)56-55-47-34-40(39-25-29-53-46(33-39)43-19-9-12-22-52(43)63-53)26-30-54(47)64-57(55)60-58(59-56)62-49-21-11-8-18-42(49)45-32-38(24-28-51(45)62)36-15-5-2-6-16-36/h1-34H. The quantitative estimate of drug-likeness (QED) is 0.174. The molecule has 0 aliphatic carbocycles. The van der Waals surface area contributed by atoms with E-state index in [4.69, 9.17) is 18.8 Å². The molecule has 14 rings (SSSR count). The minimum absolute atomic E-state index is 0.516. The van der Waals surface area contributed by atoms with Crippen molar-refractivity contribution < 1.29 is 8.83 Å². The molecule has 0 fully saturated rings. The number of rotatable bonds is 5. The molecule has 0 N–H and O–H groups in total. The summed E-state index contributed by atoms with van der Waals surface area (Å²) >= 11 is 0. The maximum Gasteiger partial charge on any atom is 0.240 e. The minimum Gasteiger partial charge on any atom is -0.456 e. The Morgan fingerprint density at radius 3 is 1.41 bits per heavy atom. The van der Waals surface area contributed by atoms with Crippen LogP contribution in [0.2, 0.25) is 0 Å². The first-order valence-electron chi connectivity index (χ1n) is 21.6. The molecule has 0 radical (unpaired) electrons. The van der Waals surface area contributed by atoms with Gasteiger partial charge in [-0.2, -0.15) is 9.97 Å². The molecular weight excluding hydrogens is 785 g/mol. The lowest BCUT2D eigenvalue weighted by Gasteiger charge is -2.12. The summed E-state index contributed by atoms with van der Waals surface area (Å²) in [5.41, 5.74) is 13.9. The van der Waals surface area contributed by atoms with Crippen LogP contribution in [-0.2, 0) is 0 Å². The van der Waals surface area contributed by atoms with Crippen LogP contribution in [0.4, 0.5) is 0 Å². The molecule has 0 amide bonds. The number of para-hydroxylation sites is 3. The first kappa shape index (κ1) is 34.9. The van der Waals surface area contributed by atoms with Crippen LogP contribution in [-0.4, -0.2) is 19.1 Å². The fourth-order valence-corrected chi connectivity index (χ4v) is 10.0. The van der Waals surface area contributed by atoms with Gasteiger partial charge in [0.15, 0.2) is 5.82 Å². The van der Waals surface area contributed by atoms with Crippen molar-refractivity contribution in [2.24, 2.45) is 0 Å². The summed E-state index contributed by atoms with van der Waals surface area (Å²) in [5.74, 6) is 1.28. The second-order valence-corrected chi connectivity index (χ2v) is 16.6. The SMILES string of the molecule is c1ccc(-c2ccc3c(c2)c2ccccc2n3-c2nc(-n3c4ccccc4c4cc(-c5ccccc5)ccc43)c3c(n2)oc2ccc(-c4ccc5oc6ccccc6c5c4)cc23)cc1. The average Bonchev–Trinajstić information content (AvgIpc) is 4.11. The highest BCUT2D eigenvalue weighted by molar-refractivity contribution is 6.15. The van der Waals surface area contributed by atoms with Crippen molar-refractivity contribution in [2.45, 2.75) is 0 Å². The van der Waals surface area contributed by atoms with Crippen LogP contribution in [0.25, 0.3) is 133 Å². The Hall–Kier alpha value is -8.74. The van der Waals surface area contributed by atoms with E-state index in [1.54, 1.807) is 0 Å². The van der Waals surface area contributed by atoms with E-state index in [1.165, 1.54) is 11.1 Å². The zero-order valence-corrected chi connectivity index (χ0v) is 34.2. The van der Waals surface area contributed by atoms with Crippen molar-refractivity contribution in [2.75, 3.05) is 0 Å². The molecule has 0 aliphatic rings. The summed E-state index contributed by atoms with van der Waals surface area (Å²) in [4.78, 5) is 11.0. The Kier molecular flexibility index (Phi) is 7.30. The van der Waals surface area contributed by atoms with Gasteiger partial charge >= 0.3 is 0 Å². The number of fused-ring (bicyclic) bond motifs is 12. The summed E-state index contributed by atoms with van der Waals surface area (Å²) in [5, 5.41) is 8.51. The van der Waals surface area contributed by atoms with E-state index >= 15 is 0 Å². The Labute approximate surface area is 365 Å². The fourth-order valence-electron chi connectivity index (χ4n) is 10.0. The summed E-state index contributed by atoms with van der Waals surface area (Å²) < 4.78 is 17.5. The lowest BCUT2D eigenvalue weighted by atomic mass is 10.0.